The number of Topliss-reactive ketones (excluding diaryl/α,β-unsaturated/α-hetero) is 1. The zero-order valence-corrected chi connectivity index (χ0v) is 23.0. The number of halogens is 2. The molecular formula is C28H29BrClNO5. The van der Waals surface area contributed by atoms with Crippen LogP contribution in [0.2, 0.25) is 5.02 Å². The molecule has 1 aliphatic carbocycles. The highest BCUT2D eigenvalue weighted by Gasteiger charge is 2.42. The number of dihydropyridines is 1. The fraction of sp³-hybridized carbons (Fsp3) is 0.357. The van der Waals surface area contributed by atoms with Crippen LogP contribution in [-0.2, 0) is 14.3 Å². The van der Waals surface area contributed by atoms with Crippen molar-refractivity contribution in [3.05, 3.63) is 79.6 Å². The highest BCUT2D eigenvalue weighted by molar-refractivity contribution is 9.10. The van der Waals surface area contributed by atoms with Gasteiger partial charge in [-0.15, -0.1) is 0 Å². The Hall–Kier alpha value is -2.77. The molecule has 190 valence electrons. The molecule has 2 aliphatic rings. The first-order chi connectivity index (χ1) is 17.1. The molecule has 0 radical (unpaired) electrons. The lowest BCUT2D eigenvalue weighted by Gasteiger charge is -2.37. The molecule has 0 saturated carbocycles. The third-order valence-electron chi connectivity index (χ3n) is 6.88. The number of ether oxygens (including phenoxy) is 2. The first kappa shape index (κ1) is 26.3. The zero-order chi connectivity index (χ0) is 26.1. The molecule has 0 fully saturated rings. The van der Waals surface area contributed by atoms with Gasteiger partial charge in [0.25, 0.3) is 0 Å². The smallest absolute Gasteiger partial charge is 0.337 e. The predicted octanol–water partition coefficient (Wildman–Crippen LogP) is 6.52. The van der Waals surface area contributed by atoms with Crippen molar-refractivity contribution in [1.29, 1.82) is 0 Å². The quantitative estimate of drug-likeness (QED) is 0.382. The minimum Gasteiger partial charge on any atom is -0.503 e. The number of hydrogen-bond acceptors (Lipinski definition) is 6. The molecule has 0 aromatic heterocycles. The summed E-state index contributed by atoms with van der Waals surface area (Å²) in [7, 11) is 1.46. The Bertz CT molecular complexity index is 1270. The van der Waals surface area contributed by atoms with E-state index in [4.69, 9.17) is 21.1 Å². The molecule has 0 spiro atoms. The van der Waals surface area contributed by atoms with Gasteiger partial charge >= 0.3 is 5.97 Å². The van der Waals surface area contributed by atoms with Crippen LogP contribution in [0, 0.1) is 0 Å². The van der Waals surface area contributed by atoms with Crippen LogP contribution in [0.25, 0.3) is 0 Å². The molecule has 4 rings (SSSR count). The number of rotatable bonds is 6. The number of nitrogens with one attached hydrogen (secondary N) is 1. The summed E-state index contributed by atoms with van der Waals surface area (Å²) in [6, 6.07) is 11.0. The van der Waals surface area contributed by atoms with Crippen molar-refractivity contribution in [2.45, 2.75) is 58.0 Å². The van der Waals surface area contributed by atoms with Crippen LogP contribution in [0.4, 0.5) is 0 Å². The summed E-state index contributed by atoms with van der Waals surface area (Å²) in [5, 5.41) is 14.4. The van der Waals surface area contributed by atoms with Crippen molar-refractivity contribution in [3.8, 4) is 11.5 Å². The van der Waals surface area contributed by atoms with Crippen molar-refractivity contribution >= 4 is 39.3 Å². The van der Waals surface area contributed by atoms with Crippen LogP contribution >= 0.6 is 27.5 Å². The van der Waals surface area contributed by atoms with Crippen LogP contribution in [0.3, 0.4) is 0 Å². The number of phenolic OH excluding ortho intramolecular Hbond substituents is 1. The van der Waals surface area contributed by atoms with Gasteiger partial charge in [-0.2, -0.15) is 0 Å². The maximum absolute atomic E-state index is 13.7. The second kappa shape index (κ2) is 10.7. The molecule has 8 heteroatoms. The summed E-state index contributed by atoms with van der Waals surface area (Å²) in [6.07, 6.45) is 1.32. The van der Waals surface area contributed by atoms with Gasteiger partial charge in [-0.25, -0.2) is 4.79 Å². The maximum atomic E-state index is 13.7. The Balaban J connectivity index is 1.84. The first-order valence-corrected chi connectivity index (χ1v) is 13.1. The number of hydrogen-bond donors (Lipinski definition) is 2. The fourth-order valence-electron chi connectivity index (χ4n) is 4.86. The zero-order valence-electron chi connectivity index (χ0n) is 20.7. The van der Waals surface area contributed by atoms with E-state index in [-0.39, 0.29) is 29.3 Å². The maximum Gasteiger partial charge on any atom is 0.337 e. The van der Waals surface area contributed by atoms with Crippen molar-refractivity contribution in [3.63, 3.8) is 0 Å². The number of aromatic hydroxyl groups is 1. The molecule has 2 aromatic rings. The lowest BCUT2D eigenvalue weighted by atomic mass is 9.71. The first-order valence-electron chi connectivity index (χ1n) is 11.9. The largest absolute Gasteiger partial charge is 0.503 e. The number of ketones is 1. The summed E-state index contributed by atoms with van der Waals surface area (Å²) < 4.78 is 11.5. The Morgan fingerprint density at radius 2 is 1.92 bits per heavy atom. The number of benzene rings is 2. The topological polar surface area (TPSA) is 84.9 Å². The fourth-order valence-corrected chi connectivity index (χ4v) is 5.44. The third kappa shape index (κ3) is 5.04. The molecule has 0 bridgehead atoms. The van der Waals surface area contributed by atoms with Crippen LogP contribution in [0.15, 0.2) is 63.4 Å². The van der Waals surface area contributed by atoms with E-state index in [2.05, 4.69) is 21.2 Å². The molecule has 2 aromatic carbocycles. The van der Waals surface area contributed by atoms with Crippen molar-refractivity contribution in [1.82, 2.24) is 5.32 Å². The summed E-state index contributed by atoms with van der Waals surface area (Å²) in [4.78, 5) is 27.1. The number of methoxy groups -OCH3 is 1. The molecule has 1 aliphatic heterocycles. The van der Waals surface area contributed by atoms with Gasteiger partial charge in [0.15, 0.2) is 17.3 Å². The van der Waals surface area contributed by atoms with Gasteiger partial charge in [-0.05, 0) is 83.9 Å². The molecule has 1 heterocycles. The van der Waals surface area contributed by atoms with Gasteiger partial charge < -0.3 is 19.9 Å². The lowest BCUT2D eigenvalue weighted by molar-refractivity contribution is -0.144. The van der Waals surface area contributed by atoms with Crippen LogP contribution in [0.5, 0.6) is 11.5 Å². The van der Waals surface area contributed by atoms with Crippen molar-refractivity contribution in [2.24, 2.45) is 0 Å². The van der Waals surface area contributed by atoms with Gasteiger partial charge in [-0.3, -0.25) is 4.79 Å². The Morgan fingerprint density at radius 3 is 2.56 bits per heavy atom. The number of phenols is 1. The number of carbonyl (C=O) groups excluding carboxylic acids is 2. The minimum absolute atomic E-state index is 0.0100. The molecule has 36 heavy (non-hydrogen) atoms. The summed E-state index contributed by atoms with van der Waals surface area (Å²) in [6.45, 7) is 5.61. The van der Waals surface area contributed by atoms with E-state index >= 15 is 0 Å². The monoisotopic (exact) mass is 573 g/mol. The molecule has 0 unspecified atom stereocenters. The Kier molecular flexibility index (Phi) is 7.81. The molecule has 3 atom stereocenters. The van der Waals surface area contributed by atoms with E-state index < -0.39 is 11.9 Å². The summed E-state index contributed by atoms with van der Waals surface area (Å²) in [5.41, 5.74) is 4.04. The van der Waals surface area contributed by atoms with Gasteiger partial charge in [-0.1, -0.05) is 30.7 Å². The van der Waals surface area contributed by atoms with E-state index in [0.717, 1.165) is 11.3 Å². The molecule has 2 N–H and O–H groups in total. The number of carbonyl (C=O) groups is 2. The molecule has 0 amide bonds. The van der Waals surface area contributed by atoms with Gasteiger partial charge in [0, 0.05) is 34.3 Å². The van der Waals surface area contributed by atoms with Crippen LogP contribution in [0.1, 0.15) is 63.0 Å². The van der Waals surface area contributed by atoms with Crippen molar-refractivity contribution < 1.29 is 24.2 Å². The standard InChI is InChI=1S/C28H29BrClNO5/c1-5-14(2)36-28(34)24-15(3)31-21-11-17(16-6-8-19(30)9-7-16)12-22(32)26(21)25(24)18-10-20(29)27(33)23(13-18)35-4/h6-10,13-14,17,25,31,33H,5,11-12H2,1-4H3/t14-,17+,25-/m0/s1. The number of esters is 1. The van der Waals surface area contributed by atoms with Crippen molar-refractivity contribution in [2.75, 3.05) is 7.11 Å². The molecule has 0 saturated heterocycles. The summed E-state index contributed by atoms with van der Waals surface area (Å²) >= 11 is 9.45. The molecular weight excluding hydrogens is 546 g/mol. The van der Waals surface area contributed by atoms with Gasteiger partial charge in [0.2, 0.25) is 0 Å². The SMILES string of the molecule is CC[C@H](C)OC(=O)C1=C(C)NC2=C(C(=O)C[C@H](c3ccc(Cl)cc3)C2)[C@H]1c1cc(Br)c(O)c(OC)c1. The molecule has 6 nitrogen and oxygen atoms in total. The Labute approximate surface area is 224 Å². The van der Waals surface area contributed by atoms with E-state index in [1.165, 1.54) is 7.11 Å². The highest BCUT2D eigenvalue weighted by Crippen LogP contribution is 2.48. The van der Waals surface area contributed by atoms with Crippen LogP contribution < -0.4 is 10.1 Å². The highest BCUT2D eigenvalue weighted by atomic mass is 79.9. The van der Waals surface area contributed by atoms with E-state index in [1.807, 2.05) is 45.0 Å². The predicted molar refractivity (Wildman–Crippen MR) is 142 cm³/mol. The van der Waals surface area contributed by atoms with E-state index in [9.17, 15) is 14.7 Å². The third-order valence-corrected chi connectivity index (χ3v) is 7.73. The van der Waals surface area contributed by atoms with E-state index in [1.54, 1.807) is 12.1 Å². The normalized spacial score (nSPS) is 20.6. The second-order valence-corrected chi connectivity index (χ2v) is 10.5. The van der Waals surface area contributed by atoms with E-state index in [0.29, 0.717) is 51.2 Å². The average Bonchev–Trinajstić information content (AvgIpc) is 2.84. The Morgan fingerprint density at radius 1 is 1.22 bits per heavy atom. The number of allylic oxidation sites excluding steroid dienone is 3. The van der Waals surface area contributed by atoms with Gasteiger partial charge in [0.05, 0.1) is 23.3 Å². The minimum atomic E-state index is -0.665. The second-order valence-electron chi connectivity index (χ2n) is 9.25. The van der Waals surface area contributed by atoms with Gasteiger partial charge in [0.1, 0.15) is 0 Å². The van der Waals surface area contributed by atoms with Crippen LogP contribution in [-0.4, -0.2) is 30.1 Å². The lowest BCUT2D eigenvalue weighted by Crippen LogP contribution is -2.36. The summed E-state index contributed by atoms with van der Waals surface area (Å²) in [5.74, 6) is -0.993. The average molecular weight is 575 g/mol.